The number of carbonyl (C=O) groups is 1. The predicted octanol–water partition coefficient (Wildman–Crippen LogP) is 2.95. The van der Waals surface area contributed by atoms with Gasteiger partial charge in [0, 0.05) is 5.56 Å². The Morgan fingerprint density at radius 2 is 1.81 bits per heavy atom. The number of benzene rings is 2. The van der Waals surface area contributed by atoms with Crippen LogP contribution in [0.25, 0.3) is 0 Å². The quantitative estimate of drug-likeness (QED) is 0.599. The van der Waals surface area contributed by atoms with E-state index in [-0.39, 0.29) is 16.1 Å². The summed E-state index contributed by atoms with van der Waals surface area (Å²) < 4.78 is 18.4. The summed E-state index contributed by atoms with van der Waals surface area (Å²) in [6.07, 6.45) is 0. The van der Waals surface area contributed by atoms with Crippen LogP contribution in [-0.4, -0.2) is 21.3 Å². The molecule has 0 aliphatic heterocycles. The van der Waals surface area contributed by atoms with E-state index >= 15 is 0 Å². The number of rotatable bonds is 3. The molecule has 0 spiro atoms. The molecule has 0 saturated carbocycles. The van der Waals surface area contributed by atoms with Crippen LogP contribution in [0, 0.1) is 5.82 Å². The molecule has 0 radical (unpaired) electrons. The van der Waals surface area contributed by atoms with Crippen molar-refractivity contribution in [2.24, 2.45) is 0 Å². The lowest BCUT2D eigenvalue weighted by Crippen LogP contribution is -2.06. The smallest absolute Gasteiger partial charge is 0.338 e. The molecule has 0 bridgehead atoms. The van der Waals surface area contributed by atoms with Crippen molar-refractivity contribution in [3.05, 3.63) is 52.3 Å². The van der Waals surface area contributed by atoms with Crippen molar-refractivity contribution in [1.82, 2.24) is 0 Å². The minimum atomic E-state index is -0.917. The molecule has 0 aliphatic carbocycles. The first-order valence-corrected chi connectivity index (χ1v) is 6.13. The van der Waals surface area contributed by atoms with E-state index in [9.17, 15) is 24.5 Å². The van der Waals surface area contributed by atoms with Crippen LogP contribution < -0.4 is 0 Å². The third-order valence-electron chi connectivity index (χ3n) is 2.71. The summed E-state index contributed by atoms with van der Waals surface area (Å²) in [7, 11) is 0. The van der Waals surface area contributed by atoms with Crippen LogP contribution in [0.15, 0.2) is 30.3 Å². The number of hydrogen-bond acceptors (Lipinski definition) is 5. The summed E-state index contributed by atoms with van der Waals surface area (Å²) in [5.74, 6) is -3.63. The molecule has 5 nitrogen and oxygen atoms in total. The maximum atomic E-state index is 13.5. The molecular formula is C14H10ClFO5. The summed E-state index contributed by atoms with van der Waals surface area (Å²) in [5.41, 5.74) is -0.185. The van der Waals surface area contributed by atoms with Gasteiger partial charge in [0.15, 0.2) is 17.2 Å². The van der Waals surface area contributed by atoms with Gasteiger partial charge in [-0.2, -0.15) is 0 Å². The van der Waals surface area contributed by atoms with Crippen molar-refractivity contribution in [2.45, 2.75) is 6.61 Å². The topological polar surface area (TPSA) is 87.0 Å². The normalized spacial score (nSPS) is 10.4. The molecule has 0 amide bonds. The maximum Gasteiger partial charge on any atom is 0.338 e. The van der Waals surface area contributed by atoms with E-state index in [2.05, 4.69) is 0 Å². The summed E-state index contributed by atoms with van der Waals surface area (Å²) in [6, 6.07) is 5.87. The molecule has 0 fully saturated rings. The summed E-state index contributed by atoms with van der Waals surface area (Å²) >= 11 is 5.79. The van der Waals surface area contributed by atoms with Gasteiger partial charge in [0.2, 0.25) is 0 Å². The van der Waals surface area contributed by atoms with E-state index in [0.717, 1.165) is 12.1 Å². The Morgan fingerprint density at radius 1 is 1.19 bits per heavy atom. The SMILES string of the molecule is O=C(OCc1c(F)cccc1Cl)c1cc(O)c(O)c(O)c1. The average Bonchev–Trinajstić information content (AvgIpc) is 2.43. The standard InChI is InChI=1S/C14H10ClFO5/c15-9-2-1-3-10(16)8(9)6-21-14(20)7-4-11(17)13(19)12(18)5-7/h1-5,17-19H,6H2. The second-order valence-corrected chi connectivity index (χ2v) is 4.55. The van der Waals surface area contributed by atoms with Crippen LogP contribution in [0.2, 0.25) is 5.02 Å². The number of halogens is 2. The zero-order valence-electron chi connectivity index (χ0n) is 10.5. The summed E-state index contributed by atoms with van der Waals surface area (Å²) in [5, 5.41) is 27.9. The molecule has 21 heavy (non-hydrogen) atoms. The predicted molar refractivity (Wildman–Crippen MR) is 72.0 cm³/mol. The highest BCUT2D eigenvalue weighted by Gasteiger charge is 2.16. The summed E-state index contributed by atoms with van der Waals surface area (Å²) in [6.45, 7) is -0.410. The molecule has 2 rings (SSSR count). The molecule has 0 aliphatic rings. The first kappa shape index (κ1) is 14.9. The Balaban J connectivity index is 2.16. The van der Waals surface area contributed by atoms with E-state index in [0.29, 0.717) is 0 Å². The number of phenolic OH excluding ortho intramolecular Hbond substituents is 3. The molecule has 0 saturated heterocycles. The third-order valence-corrected chi connectivity index (χ3v) is 3.07. The molecule has 110 valence electrons. The van der Waals surface area contributed by atoms with E-state index < -0.39 is 35.6 Å². The fourth-order valence-electron chi connectivity index (χ4n) is 1.61. The Hall–Kier alpha value is -2.47. The van der Waals surface area contributed by atoms with Crippen molar-refractivity contribution in [3.63, 3.8) is 0 Å². The van der Waals surface area contributed by atoms with Crippen LogP contribution in [0.1, 0.15) is 15.9 Å². The van der Waals surface area contributed by atoms with Gasteiger partial charge in [-0.1, -0.05) is 17.7 Å². The van der Waals surface area contributed by atoms with Gasteiger partial charge in [0.25, 0.3) is 0 Å². The van der Waals surface area contributed by atoms with Gasteiger partial charge in [0.05, 0.1) is 10.6 Å². The van der Waals surface area contributed by atoms with Crippen molar-refractivity contribution >= 4 is 17.6 Å². The molecule has 0 heterocycles. The highest BCUT2D eigenvalue weighted by molar-refractivity contribution is 6.31. The highest BCUT2D eigenvalue weighted by atomic mass is 35.5. The van der Waals surface area contributed by atoms with Crippen LogP contribution in [0.4, 0.5) is 4.39 Å². The molecule has 0 aromatic heterocycles. The molecule has 0 atom stereocenters. The Kier molecular flexibility index (Phi) is 4.18. The van der Waals surface area contributed by atoms with Gasteiger partial charge in [0.1, 0.15) is 12.4 Å². The van der Waals surface area contributed by atoms with Crippen LogP contribution in [0.3, 0.4) is 0 Å². The molecule has 0 unspecified atom stereocenters. The second kappa shape index (κ2) is 5.88. The van der Waals surface area contributed by atoms with Gasteiger partial charge in [-0.25, -0.2) is 9.18 Å². The summed E-state index contributed by atoms with van der Waals surface area (Å²) in [4.78, 5) is 11.8. The minimum absolute atomic E-state index is 0.0136. The van der Waals surface area contributed by atoms with Gasteiger partial charge in [-0.05, 0) is 24.3 Å². The Labute approximate surface area is 123 Å². The lowest BCUT2D eigenvalue weighted by molar-refractivity contribution is 0.0468. The van der Waals surface area contributed by atoms with E-state index in [1.807, 2.05) is 0 Å². The number of ether oxygens (including phenoxy) is 1. The molecule has 2 aromatic rings. The molecule has 7 heteroatoms. The first-order chi connectivity index (χ1) is 9.90. The number of phenols is 3. The van der Waals surface area contributed by atoms with Gasteiger partial charge >= 0.3 is 5.97 Å². The lowest BCUT2D eigenvalue weighted by Gasteiger charge is -2.09. The number of carbonyl (C=O) groups excluding carboxylic acids is 1. The Bertz CT molecular complexity index is 659. The zero-order chi connectivity index (χ0) is 15.6. The van der Waals surface area contributed by atoms with Crippen molar-refractivity contribution in [2.75, 3.05) is 0 Å². The number of hydrogen-bond donors (Lipinski definition) is 3. The largest absolute Gasteiger partial charge is 0.504 e. The maximum absolute atomic E-state index is 13.5. The second-order valence-electron chi connectivity index (χ2n) is 4.14. The fraction of sp³-hybridized carbons (Fsp3) is 0.0714. The van der Waals surface area contributed by atoms with Crippen LogP contribution >= 0.6 is 11.6 Å². The van der Waals surface area contributed by atoms with Crippen molar-refractivity contribution in [1.29, 1.82) is 0 Å². The zero-order valence-corrected chi connectivity index (χ0v) is 11.3. The lowest BCUT2D eigenvalue weighted by atomic mass is 10.2. The van der Waals surface area contributed by atoms with Gasteiger partial charge in [-0.3, -0.25) is 0 Å². The van der Waals surface area contributed by atoms with Crippen LogP contribution in [0.5, 0.6) is 17.2 Å². The monoisotopic (exact) mass is 312 g/mol. The van der Waals surface area contributed by atoms with Crippen LogP contribution in [-0.2, 0) is 11.3 Å². The van der Waals surface area contributed by atoms with E-state index in [1.54, 1.807) is 0 Å². The highest BCUT2D eigenvalue weighted by Crippen LogP contribution is 2.35. The molecule has 3 N–H and O–H groups in total. The molecule has 2 aromatic carbocycles. The first-order valence-electron chi connectivity index (χ1n) is 5.75. The fourth-order valence-corrected chi connectivity index (χ4v) is 1.83. The Morgan fingerprint density at radius 3 is 2.38 bits per heavy atom. The average molecular weight is 313 g/mol. The minimum Gasteiger partial charge on any atom is -0.504 e. The number of esters is 1. The third kappa shape index (κ3) is 3.17. The van der Waals surface area contributed by atoms with Gasteiger partial charge < -0.3 is 20.1 Å². The van der Waals surface area contributed by atoms with Crippen molar-refractivity contribution < 1.29 is 29.2 Å². The van der Waals surface area contributed by atoms with Crippen molar-refractivity contribution in [3.8, 4) is 17.2 Å². The van der Waals surface area contributed by atoms with E-state index in [4.69, 9.17) is 16.3 Å². The molecular weight excluding hydrogens is 303 g/mol. The van der Waals surface area contributed by atoms with E-state index in [1.165, 1.54) is 18.2 Å². The number of aromatic hydroxyl groups is 3. The van der Waals surface area contributed by atoms with Gasteiger partial charge in [-0.15, -0.1) is 0 Å².